The fourth-order valence-electron chi connectivity index (χ4n) is 2.38. The summed E-state index contributed by atoms with van der Waals surface area (Å²) in [4.78, 5) is 4.28. The molecular formula is C13H25N3S. The van der Waals surface area contributed by atoms with E-state index in [1.54, 1.807) is 0 Å². The molecule has 1 heterocycles. The van der Waals surface area contributed by atoms with Crippen molar-refractivity contribution in [2.75, 3.05) is 25.9 Å². The molecule has 2 atom stereocenters. The van der Waals surface area contributed by atoms with Crippen molar-refractivity contribution in [1.82, 2.24) is 10.6 Å². The number of rotatable bonds is 4. The maximum atomic E-state index is 4.28. The van der Waals surface area contributed by atoms with Crippen LogP contribution in [0, 0.1) is 11.3 Å². The lowest BCUT2D eigenvalue weighted by molar-refractivity contribution is 0.548. The first kappa shape index (κ1) is 13.1. The van der Waals surface area contributed by atoms with Gasteiger partial charge in [0.25, 0.3) is 0 Å². The largest absolute Gasteiger partial charge is 0.356 e. The van der Waals surface area contributed by atoms with Crippen molar-refractivity contribution in [3.05, 3.63) is 0 Å². The van der Waals surface area contributed by atoms with E-state index in [1.807, 2.05) is 7.05 Å². The van der Waals surface area contributed by atoms with E-state index in [0.29, 0.717) is 5.41 Å². The number of nitrogens with one attached hydrogen (secondary N) is 2. The molecule has 0 aromatic rings. The summed E-state index contributed by atoms with van der Waals surface area (Å²) in [6, 6.07) is 0. The highest BCUT2D eigenvalue weighted by Crippen LogP contribution is 2.50. The van der Waals surface area contributed by atoms with Crippen LogP contribution < -0.4 is 10.6 Å². The van der Waals surface area contributed by atoms with Gasteiger partial charge in [-0.1, -0.05) is 13.8 Å². The average Bonchev–Trinajstić information content (AvgIpc) is 2.72. The molecule has 1 aliphatic carbocycles. The van der Waals surface area contributed by atoms with Crippen LogP contribution in [0.5, 0.6) is 0 Å². The van der Waals surface area contributed by atoms with Crippen molar-refractivity contribution in [2.24, 2.45) is 16.3 Å². The van der Waals surface area contributed by atoms with Gasteiger partial charge in [0, 0.05) is 25.4 Å². The molecule has 2 unspecified atom stereocenters. The molecule has 17 heavy (non-hydrogen) atoms. The number of hydrogen-bond acceptors (Lipinski definition) is 2. The number of guanidine groups is 1. The Morgan fingerprint density at radius 1 is 1.35 bits per heavy atom. The van der Waals surface area contributed by atoms with Gasteiger partial charge in [0.1, 0.15) is 0 Å². The Hall–Kier alpha value is -0.380. The molecule has 1 aliphatic heterocycles. The highest BCUT2D eigenvalue weighted by atomic mass is 32.2. The minimum absolute atomic E-state index is 0.549. The second-order valence-corrected chi connectivity index (χ2v) is 7.27. The lowest BCUT2D eigenvalue weighted by Crippen LogP contribution is -2.41. The van der Waals surface area contributed by atoms with Crippen LogP contribution in [0.2, 0.25) is 0 Å². The lowest BCUT2D eigenvalue weighted by atomic mass is 10.1. The first-order valence-corrected chi connectivity index (χ1v) is 7.73. The summed E-state index contributed by atoms with van der Waals surface area (Å²) in [7, 11) is 1.86. The molecule has 0 spiro atoms. The maximum absolute atomic E-state index is 4.28. The monoisotopic (exact) mass is 255 g/mol. The molecule has 3 nitrogen and oxygen atoms in total. The van der Waals surface area contributed by atoms with Gasteiger partial charge in [0.15, 0.2) is 5.96 Å². The summed E-state index contributed by atoms with van der Waals surface area (Å²) in [5, 5.41) is 7.66. The van der Waals surface area contributed by atoms with Crippen LogP contribution in [0.25, 0.3) is 0 Å². The van der Waals surface area contributed by atoms with Gasteiger partial charge in [-0.15, -0.1) is 0 Å². The molecule has 1 saturated heterocycles. The standard InChI is InChI=1S/C13H25N3S/c1-13(2)7-10(13)8-15-12(14-3)16-9-11-5-4-6-17-11/h10-11H,4-9H2,1-3H3,(H2,14,15,16). The SMILES string of the molecule is CN=C(NCC1CCCS1)NCC1CC1(C)C. The van der Waals surface area contributed by atoms with Crippen LogP contribution in [0.4, 0.5) is 0 Å². The molecule has 0 aromatic heterocycles. The minimum Gasteiger partial charge on any atom is -0.356 e. The molecule has 2 fully saturated rings. The van der Waals surface area contributed by atoms with Crippen LogP contribution in [0.3, 0.4) is 0 Å². The lowest BCUT2D eigenvalue weighted by Gasteiger charge is -2.15. The summed E-state index contributed by atoms with van der Waals surface area (Å²) < 4.78 is 0. The van der Waals surface area contributed by atoms with Crippen LogP contribution in [-0.4, -0.2) is 37.1 Å². The van der Waals surface area contributed by atoms with E-state index < -0.39 is 0 Å². The van der Waals surface area contributed by atoms with Gasteiger partial charge in [-0.2, -0.15) is 11.8 Å². The van der Waals surface area contributed by atoms with Crippen molar-refractivity contribution < 1.29 is 0 Å². The second-order valence-electron chi connectivity index (χ2n) is 5.86. The van der Waals surface area contributed by atoms with Gasteiger partial charge in [-0.25, -0.2) is 0 Å². The molecule has 0 aromatic carbocycles. The third-order valence-electron chi connectivity index (χ3n) is 3.98. The van der Waals surface area contributed by atoms with Gasteiger partial charge >= 0.3 is 0 Å². The predicted octanol–water partition coefficient (Wildman–Crippen LogP) is 2.09. The van der Waals surface area contributed by atoms with Gasteiger partial charge < -0.3 is 10.6 Å². The van der Waals surface area contributed by atoms with Crippen molar-refractivity contribution in [2.45, 2.75) is 38.4 Å². The van der Waals surface area contributed by atoms with Crippen molar-refractivity contribution in [1.29, 1.82) is 0 Å². The number of aliphatic imine (C=N–C) groups is 1. The number of hydrogen-bond donors (Lipinski definition) is 2. The van der Waals surface area contributed by atoms with Crippen LogP contribution in [0.15, 0.2) is 4.99 Å². The van der Waals surface area contributed by atoms with E-state index in [1.165, 1.54) is 25.0 Å². The summed E-state index contributed by atoms with van der Waals surface area (Å²) in [6.45, 7) is 6.79. The zero-order valence-corrected chi connectivity index (χ0v) is 12.1. The third kappa shape index (κ3) is 3.80. The molecule has 2 rings (SSSR count). The number of thioether (sulfide) groups is 1. The Bertz CT molecular complexity index is 272. The minimum atomic E-state index is 0.549. The summed E-state index contributed by atoms with van der Waals surface area (Å²) in [6.07, 6.45) is 4.07. The first-order valence-electron chi connectivity index (χ1n) is 6.68. The highest BCUT2D eigenvalue weighted by Gasteiger charge is 2.45. The van der Waals surface area contributed by atoms with Gasteiger partial charge in [-0.05, 0) is 36.3 Å². The molecule has 0 radical (unpaired) electrons. The molecule has 4 heteroatoms. The van der Waals surface area contributed by atoms with E-state index in [2.05, 4.69) is 41.2 Å². The smallest absolute Gasteiger partial charge is 0.191 e. The zero-order valence-electron chi connectivity index (χ0n) is 11.3. The van der Waals surface area contributed by atoms with Gasteiger partial charge in [0.05, 0.1) is 0 Å². The summed E-state index contributed by atoms with van der Waals surface area (Å²) in [5.41, 5.74) is 0.549. The normalized spacial score (nSPS) is 31.4. The summed E-state index contributed by atoms with van der Waals surface area (Å²) in [5.74, 6) is 3.12. The van der Waals surface area contributed by atoms with Crippen LogP contribution >= 0.6 is 11.8 Å². The van der Waals surface area contributed by atoms with E-state index in [-0.39, 0.29) is 0 Å². The average molecular weight is 255 g/mol. The molecular weight excluding hydrogens is 230 g/mol. The topological polar surface area (TPSA) is 36.4 Å². The fourth-order valence-corrected chi connectivity index (χ4v) is 3.58. The zero-order chi connectivity index (χ0) is 12.3. The Labute approximate surface area is 109 Å². The van der Waals surface area contributed by atoms with Crippen molar-refractivity contribution in [3.8, 4) is 0 Å². The molecule has 2 aliphatic rings. The van der Waals surface area contributed by atoms with Crippen LogP contribution in [0.1, 0.15) is 33.1 Å². The van der Waals surface area contributed by atoms with E-state index in [4.69, 9.17) is 0 Å². The molecule has 1 saturated carbocycles. The molecule has 98 valence electrons. The maximum Gasteiger partial charge on any atom is 0.191 e. The predicted molar refractivity (Wildman–Crippen MR) is 76.7 cm³/mol. The van der Waals surface area contributed by atoms with Gasteiger partial charge in [-0.3, -0.25) is 4.99 Å². The second kappa shape index (κ2) is 5.51. The van der Waals surface area contributed by atoms with E-state index in [0.717, 1.165) is 30.2 Å². The fraction of sp³-hybridized carbons (Fsp3) is 0.923. The van der Waals surface area contributed by atoms with Crippen molar-refractivity contribution in [3.63, 3.8) is 0 Å². The molecule has 2 N–H and O–H groups in total. The Morgan fingerprint density at radius 3 is 2.59 bits per heavy atom. The summed E-state index contributed by atoms with van der Waals surface area (Å²) >= 11 is 2.09. The van der Waals surface area contributed by atoms with Gasteiger partial charge in [0.2, 0.25) is 0 Å². The van der Waals surface area contributed by atoms with Crippen molar-refractivity contribution >= 4 is 17.7 Å². The Kier molecular flexibility index (Phi) is 4.23. The van der Waals surface area contributed by atoms with E-state index >= 15 is 0 Å². The van der Waals surface area contributed by atoms with E-state index in [9.17, 15) is 0 Å². The molecule has 0 amide bonds. The first-order chi connectivity index (χ1) is 8.12. The Balaban J connectivity index is 1.63. The quantitative estimate of drug-likeness (QED) is 0.596. The third-order valence-corrected chi connectivity index (χ3v) is 5.38. The number of nitrogens with zero attached hydrogens (tertiary/aromatic N) is 1. The molecule has 0 bridgehead atoms. The van der Waals surface area contributed by atoms with Crippen LogP contribution in [-0.2, 0) is 0 Å². The highest BCUT2D eigenvalue weighted by molar-refractivity contribution is 8.00. The Morgan fingerprint density at radius 2 is 2.06 bits per heavy atom.